The van der Waals surface area contributed by atoms with Gasteiger partial charge >= 0.3 is 0 Å². The van der Waals surface area contributed by atoms with E-state index in [9.17, 15) is 4.79 Å². The third-order valence-electron chi connectivity index (χ3n) is 9.69. The number of Topliss-reactive ketones (excluding diaryl/α,β-unsaturated/α-hetero) is 1. The molecular formula is C46H30Cl3NO2. The molecule has 1 aliphatic rings. The molecule has 1 heterocycles. The number of benzene rings is 7. The third kappa shape index (κ3) is 6.55. The average molecular weight is 735 g/mol. The molecule has 0 saturated heterocycles. The van der Waals surface area contributed by atoms with Crippen molar-refractivity contribution in [1.29, 1.82) is 0 Å². The van der Waals surface area contributed by atoms with Gasteiger partial charge in [-0.3, -0.25) is 9.59 Å². The molecule has 1 N–H and O–H groups in total. The fraction of sp³-hybridized carbons (Fsp3) is 0.0435. The van der Waals surface area contributed by atoms with E-state index < -0.39 is 11.8 Å². The monoisotopic (exact) mass is 733 g/mol. The van der Waals surface area contributed by atoms with Crippen LogP contribution in [0.15, 0.2) is 169 Å². The molecular weight excluding hydrogens is 705 g/mol. The van der Waals surface area contributed by atoms with Gasteiger partial charge in [0, 0.05) is 38.3 Å². The van der Waals surface area contributed by atoms with Crippen molar-refractivity contribution in [2.45, 2.75) is 11.8 Å². The SMILES string of the molecule is O=C(C1=CNC(=O)C(c2cccc(Cl)c2)C(c2ccc(Cl)cc2)=C(c2ccc3ccccc3c2)C1c1ccc(Cl)cc1)c1ccc2ccccc2c1. The lowest BCUT2D eigenvalue weighted by molar-refractivity contribution is -0.120. The van der Waals surface area contributed by atoms with E-state index in [1.54, 1.807) is 12.3 Å². The maximum atomic E-state index is 15.0. The smallest absolute Gasteiger partial charge is 0.235 e. The number of halogens is 3. The topological polar surface area (TPSA) is 46.2 Å². The van der Waals surface area contributed by atoms with Crippen molar-refractivity contribution < 1.29 is 9.59 Å². The molecule has 0 aliphatic carbocycles. The minimum atomic E-state index is -0.815. The second-order valence-corrected chi connectivity index (χ2v) is 14.2. The van der Waals surface area contributed by atoms with Gasteiger partial charge in [0.2, 0.25) is 5.91 Å². The van der Waals surface area contributed by atoms with Gasteiger partial charge in [0.1, 0.15) is 0 Å². The number of amides is 1. The highest BCUT2D eigenvalue weighted by molar-refractivity contribution is 6.31. The molecule has 3 nitrogen and oxygen atoms in total. The predicted molar refractivity (Wildman–Crippen MR) is 215 cm³/mol. The summed E-state index contributed by atoms with van der Waals surface area (Å²) in [6, 6.07) is 50.5. The molecule has 0 bridgehead atoms. The Kier molecular flexibility index (Phi) is 9.25. The number of hydrogen-bond acceptors (Lipinski definition) is 2. The Morgan fingerprint density at radius 3 is 1.73 bits per heavy atom. The lowest BCUT2D eigenvalue weighted by Crippen LogP contribution is -2.31. The third-order valence-corrected chi connectivity index (χ3v) is 10.4. The van der Waals surface area contributed by atoms with Crippen LogP contribution in [0.5, 0.6) is 0 Å². The summed E-state index contributed by atoms with van der Waals surface area (Å²) in [6.45, 7) is 0. The molecule has 2 atom stereocenters. The summed E-state index contributed by atoms with van der Waals surface area (Å²) >= 11 is 19.5. The van der Waals surface area contributed by atoms with Crippen LogP contribution in [0.2, 0.25) is 15.1 Å². The second-order valence-electron chi connectivity index (χ2n) is 12.9. The summed E-state index contributed by atoms with van der Waals surface area (Å²) in [7, 11) is 0. The maximum absolute atomic E-state index is 15.0. The molecule has 0 radical (unpaired) electrons. The number of carbonyl (C=O) groups excluding carboxylic acids is 2. The summed E-state index contributed by atoms with van der Waals surface area (Å²) in [6.07, 6.45) is 1.59. The molecule has 252 valence electrons. The van der Waals surface area contributed by atoms with E-state index in [2.05, 4.69) is 35.6 Å². The largest absolute Gasteiger partial charge is 0.331 e. The Morgan fingerprint density at radius 1 is 0.481 bits per heavy atom. The van der Waals surface area contributed by atoms with Crippen molar-refractivity contribution in [3.05, 3.63) is 212 Å². The Balaban J connectivity index is 1.49. The van der Waals surface area contributed by atoms with Crippen LogP contribution in [-0.2, 0) is 4.79 Å². The van der Waals surface area contributed by atoms with Gasteiger partial charge in [0.05, 0.1) is 5.92 Å². The molecule has 2 unspecified atom stereocenters. The molecule has 0 fully saturated rings. The highest BCUT2D eigenvalue weighted by atomic mass is 35.5. The first kappa shape index (κ1) is 33.7. The molecule has 0 aromatic heterocycles. The van der Waals surface area contributed by atoms with E-state index in [4.69, 9.17) is 34.8 Å². The summed E-state index contributed by atoms with van der Waals surface area (Å²) in [5.74, 6) is -1.97. The number of rotatable bonds is 6. The van der Waals surface area contributed by atoms with E-state index in [1.165, 1.54) is 0 Å². The van der Waals surface area contributed by atoms with Gasteiger partial charge < -0.3 is 5.32 Å². The Hall–Kier alpha value is -5.45. The zero-order chi connectivity index (χ0) is 35.8. The molecule has 0 spiro atoms. The quantitative estimate of drug-likeness (QED) is 0.173. The second kappa shape index (κ2) is 14.3. The van der Waals surface area contributed by atoms with Crippen molar-refractivity contribution in [3.63, 3.8) is 0 Å². The lowest BCUT2D eigenvalue weighted by atomic mass is 9.71. The number of nitrogens with one attached hydrogen (secondary N) is 1. The highest BCUT2D eigenvalue weighted by Crippen LogP contribution is 2.50. The molecule has 52 heavy (non-hydrogen) atoms. The highest BCUT2D eigenvalue weighted by Gasteiger charge is 2.38. The lowest BCUT2D eigenvalue weighted by Gasteiger charge is -2.33. The van der Waals surface area contributed by atoms with Gasteiger partial charge in [-0.15, -0.1) is 0 Å². The van der Waals surface area contributed by atoms with Gasteiger partial charge in [-0.05, 0) is 103 Å². The minimum Gasteiger partial charge on any atom is -0.331 e. The van der Waals surface area contributed by atoms with Gasteiger partial charge in [0.25, 0.3) is 0 Å². The summed E-state index contributed by atoms with van der Waals surface area (Å²) < 4.78 is 0. The van der Waals surface area contributed by atoms with E-state index in [-0.39, 0.29) is 11.7 Å². The van der Waals surface area contributed by atoms with Crippen LogP contribution in [0.3, 0.4) is 0 Å². The first-order chi connectivity index (χ1) is 25.3. The van der Waals surface area contributed by atoms with Crippen molar-refractivity contribution in [3.8, 4) is 0 Å². The molecule has 7 aromatic carbocycles. The van der Waals surface area contributed by atoms with Gasteiger partial charge in [0.15, 0.2) is 5.78 Å². The zero-order valence-electron chi connectivity index (χ0n) is 27.7. The maximum Gasteiger partial charge on any atom is 0.235 e. The average Bonchev–Trinajstić information content (AvgIpc) is 3.16. The standard InChI is InChI=1S/C46H30Cl3NO2/c47-37-20-16-30(17-21-37)41-40(45(51)36-15-13-29-7-2-4-9-33(29)25-36)27-50-46(52)44(34-10-5-11-39(49)26-34)42(31-18-22-38(48)23-19-31)43(41)35-14-12-28-6-1-3-8-32(28)24-35/h1-27,41,44H,(H,50,52). The molecule has 6 heteroatoms. The Bertz CT molecular complexity index is 2570. The fourth-order valence-corrected chi connectivity index (χ4v) is 7.69. The van der Waals surface area contributed by atoms with E-state index in [1.807, 2.05) is 121 Å². The summed E-state index contributed by atoms with van der Waals surface area (Å²) in [5, 5.41) is 8.77. The number of ketones is 1. The van der Waals surface area contributed by atoms with E-state index in [0.717, 1.165) is 49.4 Å². The normalized spacial score (nSPS) is 16.3. The molecule has 1 amide bonds. The molecule has 7 aromatic rings. The number of hydrogen-bond donors (Lipinski definition) is 1. The zero-order valence-corrected chi connectivity index (χ0v) is 30.0. The van der Waals surface area contributed by atoms with Crippen LogP contribution in [0.1, 0.15) is 44.4 Å². The van der Waals surface area contributed by atoms with Crippen LogP contribution >= 0.6 is 34.8 Å². The van der Waals surface area contributed by atoms with Crippen LogP contribution in [-0.4, -0.2) is 11.7 Å². The fourth-order valence-electron chi connectivity index (χ4n) is 7.24. The van der Waals surface area contributed by atoms with Crippen molar-refractivity contribution >= 4 is 79.2 Å². The van der Waals surface area contributed by atoms with E-state index in [0.29, 0.717) is 31.8 Å². The van der Waals surface area contributed by atoms with Crippen LogP contribution < -0.4 is 5.32 Å². The Morgan fingerprint density at radius 2 is 1.06 bits per heavy atom. The molecule has 0 saturated carbocycles. The predicted octanol–water partition coefficient (Wildman–Crippen LogP) is 12.3. The minimum absolute atomic E-state index is 0.207. The first-order valence-corrected chi connectivity index (χ1v) is 18.0. The van der Waals surface area contributed by atoms with Crippen molar-refractivity contribution in [1.82, 2.24) is 5.32 Å². The van der Waals surface area contributed by atoms with Crippen molar-refractivity contribution in [2.24, 2.45) is 0 Å². The van der Waals surface area contributed by atoms with Crippen LogP contribution in [0.4, 0.5) is 0 Å². The van der Waals surface area contributed by atoms with Crippen LogP contribution in [0, 0.1) is 0 Å². The van der Waals surface area contributed by atoms with Gasteiger partial charge in [-0.2, -0.15) is 0 Å². The summed E-state index contributed by atoms with van der Waals surface area (Å²) in [5.41, 5.74) is 5.63. The van der Waals surface area contributed by atoms with Gasteiger partial charge in [-0.25, -0.2) is 0 Å². The number of fused-ring (bicyclic) bond motifs is 2. The number of allylic oxidation sites excluding steroid dienone is 2. The molecule has 1 aliphatic heterocycles. The van der Waals surface area contributed by atoms with Gasteiger partial charge in [-0.1, -0.05) is 144 Å². The summed E-state index contributed by atoms with van der Waals surface area (Å²) in [4.78, 5) is 29.7. The number of carbonyl (C=O) groups is 2. The van der Waals surface area contributed by atoms with Crippen molar-refractivity contribution in [2.75, 3.05) is 0 Å². The first-order valence-electron chi connectivity index (χ1n) is 16.9. The van der Waals surface area contributed by atoms with E-state index >= 15 is 4.79 Å². The Labute approximate surface area is 316 Å². The molecule has 8 rings (SSSR count). The van der Waals surface area contributed by atoms with Crippen LogP contribution in [0.25, 0.3) is 32.7 Å².